The molecule has 0 bridgehead atoms. The highest BCUT2D eigenvalue weighted by Crippen LogP contribution is 2.38. The molecule has 0 amide bonds. The molecule has 5 nitrogen and oxygen atoms in total. The van der Waals surface area contributed by atoms with E-state index in [-0.39, 0.29) is 5.56 Å². The molecule has 0 spiro atoms. The fourth-order valence-electron chi connectivity index (χ4n) is 4.30. The fraction of sp³-hybridized carbons (Fsp3) is 0.800. The van der Waals surface area contributed by atoms with Gasteiger partial charge in [0, 0.05) is 31.6 Å². The molecule has 3 aliphatic rings. The Kier molecular flexibility index (Phi) is 5.51. The second kappa shape index (κ2) is 8.00. The van der Waals surface area contributed by atoms with Crippen molar-refractivity contribution in [1.29, 1.82) is 0 Å². The van der Waals surface area contributed by atoms with Crippen LogP contribution >= 0.6 is 0 Å². The average Bonchev–Trinajstić information content (AvgIpc) is 3.49. The van der Waals surface area contributed by atoms with Crippen LogP contribution in [0.15, 0.2) is 16.9 Å². The molecule has 3 heterocycles. The molecule has 2 saturated heterocycles. The van der Waals surface area contributed by atoms with Gasteiger partial charge in [-0.2, -0.15) is 5.10 Å². The topological polar surface area (TPSA) is 41.4 Å². The summed E-state index contributed by atoms with van der Waals surface area (Å²) in [6.07, 6.45) is 9.04. The molecule has 0 unspecified atom stereocenters. The van der Waals surface area contributed by atoms with Crippen molar-refractivity contribution in [2.24, 2.45) is 5.92 Å². The Morgan fingerprint density at radius 1 is 0.880 bits per heavy atom. The Morgan fingerprint density at radius 2 is 1.56 bits per heavy atom. The van der Waals surface area contributed by atoms with Crippen molar-refractivity contribution in [3.05, 3.63) is 28.2 Å². The second-order valence-electron chi connectivity index (χ2n) is 8.24. The van der Waals surface area contributed by atoms with Gasteiger partial charge in [0.05, 0.1) is 5.69 Å². The maximum Gasteiger partial charge on any atom is 0.266 e. The fourth-order valence-corrected chi connectivity index (χ4v) is 4.30. The van der Waals surface area contributed by atoms with Gasteiger partial charge in [-0.25, -0.2) is 4.68 Å². The minimum Gasteiger partial charge on any atom is -0.302 e. The first-order valence-electron chi connectivity index (χ1n) is 10.3. The van der Waals surface area contributed by atoms with Crippen LogP contribution in [0.5, 0.6) is 0 Å². The molecule has 0 atom stereocenters. The predicted octanol–water partition coefficient (Wildman–Crippen LogP) is 2.32. The van der Waals surface area contributed by atoms with E-state index in [2.05, 4.69) is 14.9 Å². The zero-order chi connectivity index (χ0) is 17.1. The van der Waals surface area contributed by atoms with Crippen molar-refractivity contribution in [3.63, 3.8) is 0 Å². The molecular formula is C20H32N4O. The van der Waals surface area contributed by atoms with Crippen molar-refractivity contribution >= 4 is 0 Å². The molecule has 1 aromatic rings. The van der Waals surface area contributed by atoms with Crippen LogP contribution in [-0.4, -0.2) is 58.8 Å². The molecule has 1 aliphatic carbocycles. The third-order valence-electron chi connectivity index (χ3n) is 6.20. The van der Waals surface area contributed by atoms with Crippen molar-refractivity contribution in [3.8, 4) is 0 Å². The van der Waals surface area contributed by atoms with E-state index < -0.39 is 0 Å². The lowest BCUT2D eigenvalue weighted by Crippen LogP contribution is -2.42. The Hall–Kier alpha value is -1.20. The van der Waals surface area contributed by atoms with Gasteiger partial charge >= 0.3 is 0 Å². The Balaban J connectivity index is 1.23. The monoisotopic (exact) mass is 344 g/mol. The number of aromatic nitrogens is 2. The summed E-state index contributed by atoms with van der Waals surface area (Å²) in [6.45, 7) is 8.19. The highest BCUT2D eigenvalue weighted by molar-refractivity contribution is 5.12. The standard InChI is InChI=1S/C20H32N4O/c25-20-7-6-19(18-4-5-18)21-24(20)16-17-8-12-23(13-9-17)15-14-22-10-2-1-3-11-22/h6-7,17-18H,1-5,8-16H2. The van der Waals surface area contributed by atoms with Gasteiger partial charge in [0.2, 0.25) is 0 Å². The van der Waals surface area contributed by atoms with Crippen LogP contribution in [-0.2, 0) is 6.54 Å². The van der Waals surface area contributed by atoms with E-state index in [1.54, 1.807) is 10.7 Å². The van der Waals surface area contributed by atoms with E-state index in [9.17, 15) is 4.79 Å². The maximum absolute atomic E-state index is 12.1. The first-order chi connectivity index (χ1) is 12.3. The van der Waals surface area contributed by atoms with Crippen molar-refractivity contribution in [2.75, 3.05) is 39.3 Å². The minimum absolute atomic E-state index is 0.0666. The van der Waals surface area contributed by atoms with Crippen LogP contribution in [0, 0.1) is 5.92 Å². The Bertz CT molecular complexity index is 610. The number of piperidine rings is 2. The highest BCUT2D eigenvalue weighted by atomic mass is 16.1. The van der Waals surface area contributed by atoms with Crippen LogP contribution in [0.2, 0.25) is 0 Å². The van der Waals surface area contributed by atoms with Crippen molar-refractivity contribution in [2.45, 2.75) is 57.4 Å². The molecule has 0 radical (unpaired) electrons. The molecule has 25 heavy (non-hydrogen) atoms. The van der Waals surface area contributed by atoms with Crippen LogP contribution in [0.4, 0.5) is 0 Å². The van der Waals surface area contributed by atoms with E-state index in [1.807, 2.05) is 6.07 Å². The summed E-state index contributed by atoms with van der Waals surface area (Å²) in [5, 5.41) is 4.63. The summed E-state index contributed by atoms with van der Waals surface area (Å²) in [5.74, 6) is 1.22. The van der Waals surface area contributed by atoms with Gasteiger partial charge in [0.1, 0.15) is 0 Å². The number of likely N-dealkylation sites (tertiary alicyclic amines) is 2. The third kappa shape index (κ3) is 4.70. The molecule has 1 aromatic heterocycles. The summed E-state index contributed by atoms with van der Waals surface area (Å²) < 4.78 is 1.74. The van der Waals surface area contributed by atoms with E-state index in [0.29, 0.717) is 11.8 Å². The van der Waals surface area contributed by atoms with Gasteiger partial charge in [-0.15, -0.1) is 0 Å². The first-order valence-corrected chi connectivity index (χ1v) is 10.3. The number of hydrogen-bond acceptors (Lipinski definition) is 4. The molecule has 4 rings (SSSR count). The molecule has 2 aliphatic heterocycles. The molecule has 138 valence electrons. The predicted molar refractivity (Wildman–Crippen MR) is 99.9 cm³/mol. The van der Waals surface area contributed by atoms with Crippen LogP contribution in [0.3, 0.4) is 0 Å². The maximum atomic E-state index is 12.1. The smallest absolute Gasteiger partial charge is 0.266 e. The molecule has 0 aromatic carbocycles. The lowest BCUT2D eigenvalue weighted by Gasteiger charge is -2.34. The minimum atomic E-state index is 0.0666. The molecular weight excluding hydrogens is 312 g/mol. The van der Waals surface area contributed by atoms with Crippen LogP contribution in [0.1, 0.15) is 56.6 Å². The van der Waals surface area contributed by atoms with E-state index in [4.69, 9.17) is 0 Å². The zero-order valence-corrected chi connectivity index (χ0v) is 15.4. The van der Waals surface area contributed by atoms with Crippen molar-refractivity contribution < 1.29 is 0 Å². The molecule has 3 fully saturated rings. The molecule has 0 N–H and O–H groups in total. The lowest BCUT2D eigenvalue weighted by molar-refractivity contribution is 0.138. The SMILES string of the molecule is O=c1ccc(C2CC2)nn1CC1CCN(CCN2CCCCC2)CC1. The summed E-state index contributed by atoms with van der Waals surface area (Å²) in [5.41, 5.74) is 1.19. The average molecular weight is 345 g/mol. The van der Waals surface area contributed by atoms with Crippen LogP contribution in [0.25, 0.3) is 0 Å². The lowest BCUT2D eigenvalue weighted by atomic mass is 9.97. The quantitative estimate of drug-likeness (QED) is 0.794. The highest BCUT2D eigenvalue weighted by Gasteiger charge is 2.26. The Labute approximate surface area is 151 Å². The van der Waals surface area contributed by atoms with Gasteiger partial charge in [-0.05, 0) is 76.7 Å². The number of nitrogens with zero attached hydrogens (tertiary/aromatic N) is 4. The summed E-state index contributed by atoms with van der Waals surface area (Å²) >= 11 is 0. The van der Waals surface area contributed by atoms with Gasteiger partial charge in [0.15, 0.2) is 0 Å². The molecule has 1 saturated carbocycles. The number of hydrogen-bond donors (Lipinski definition) is 0. The van der Waals surface area contributed by atoms with Gasteiger partial charge in [-0.3, -0.25) is 4.79 Å². The zero-order valence-electron chi connectivity index (χ0n) is 15.4. The number of rotatable bonds is 6. The van der Waals surface area contributed by atoms with E-state index in [1.165, 1.54) is 84.2 Å². The molecule has 5 heteroatoms. The summed E-state index contributed by atoms with van der Waals surface area (Å²) in [4.78, 5) is 17.4. The van der Waals surface area contributed by atoms with Crippen LogP contribution < -0.4 is 5.56 Å². The summed E-state index contributed by atoms with van der Waals surface area (Å²) in [6, 6.07) is 3.65. The van der Waals surface area contributed by atoms with E-state index >= 15 is 0 Å². The normalized spacial score (nSPS) is 23.8. The largest absolute Gasteiger partial charge is 0.302 e. The van der Waals surface area contributed by atoms with Gasteiger partial charge in [0.25, 0.3) is 5.56 Å². The van der Waals surface area contributed by atoms with E-state index in [0.717, 1.165) is 12.2 Å². The van der Waals surface area contributed by atoms with Gasteiger partial charge < -0.3 is 9.80 Å². The second-order valence-corrected chi connectivity index (χ2v) is 8.24. The summed E-state index contributed by atoms with van der Waals surface area (Å²) in [7, 11) is 0. The Morgan fingerprint density at radius 3 is 2.24 bits per heavy atom. The third-order valence-corrected chi connectivity index (χ3v) is 6.20. The first kappa shape index (κ1) is 17.2. The van der Waals surface area contributed by atoms with Gasteiger partial charge in [-0.1, -0.05) is 6.42 Å². The van der Waals surface area contributed by atoms with Crippen molar-refractivity contribution in [1.82, 2.24) is 19.6 Å².